The predicted octanol–water partition coefficient (Wildman–Crippen LogP) is 4.57. The van der Waals surface area contributed by atoms with Crippen LogP contribution in [0.2, 0.25) is 0 Å². The van der Waals surface area contributed by atoms with E-state index in [2.05, 4.69) is 0 Å². The van der Waals surface area contributed by atoms with Crippen LogP contribution in [0.1, 0.15) is 52.4 Å². The maximum absolute atomic E-state index is 11.9. The Hall–Kier alpha value is -0.390. The van der Waals surface area contributed by atoms with E-state index < -0.39 is 12.6 Å². The molecule has 0 heterocycles. The maximum atomic E-state index is 11.9. The van der Waals surface area contributed by atoms with Crippen molar-refractivity contribution in [2.75, 3.05) is 12.4 Å². The van der Waals surface area contributed by atoms with Crippen LogP contribution in [0.15, 0.2) is 0 Å². The fourth-order valence-electron chi connectivity index (χ4n) is 1.60. The molecular formula is C13H23F3O2S. The molecule has 6 heteroatoms. The number of thioether (sulfide) groups is 1. The van der Waals surface area contributed by atoms with Gasteiger partial charge in [-0.2, -0.15) is 13.2 Å². The van der Waals surface area contributed by atoms with Gasteiger partial charge in [-0.3, -0.25) is 4.79 Å². The molecule has 0 aromatic heterocycles. The summed E-state index contributed by atoms with van der Waals surface area (Å²) in [6.45, 7) is 4.13. The van der Waals surface area contributed by atoms with Crippen LogP contribution < -0.4 is 0 Å². The Morgan fingerprint density at radius 2 is 1.89 bits per heavy atom. The topological polar surface area (TPSA) is 26.3 Å². The molecular weight excluding hydrogens is 277 g/mol. The molecule has 0 aliphatic rings. The lowest BCUT2D eigenvalue weighted by Gasteiger charge is -2.14. The summed E-state index contributed by atoms with van der Waals surface area (Å²) < 4.78 is 40.7. The first-order chi connectivity index (χ1) is 8.90. The molecule has 0 aliphatic carbocycles. The van der Waals surface area contributed by atoms with Crippen LogP contribution in [-0.4, -0.2) is 29.8 Å². The van der Waals surface area contributed by atoms with Crippen LogP contribution >= 0.6 is 11.8 Å². The molecule has 0 rings (SSSR count). The predicted molar refractivity (Wildman–Crippen MR) is 72.3 cm³/mol. The van der Waals surface area contributed by atoms with Gasteiger partial charge in [-0.15, -0.1) is 11.8 Å². The Labute approximate surface area is 117 Å². The zero-order chi connectivity index (χ0) is 14.7. The van der Waals surface area contributed by atoms with E-state index in [1.165, 1.54) is 11.8 Å². The van der Waals surface area contributed by atoms with E-state index in [0.717, 1.165) is 12.8 Å². The molecule has 0 saturated heterocycles. The number of esters is 1. The minimum Gasteiger partial charge on any atom is -0.465 e. The van der Waals surface area contributed by atoms with Crippen molar-refractivity contribution in [1.82, 2.24) is 0 Å². The van der Waals surface area contributed by atoms with Crippen LogP contribution in [-0.2, 0) is 9.53 Å². The van der Waals surface area contributed by atoms with Gasteiger partial charge < -0.3 is 4.74 Å². The minimum atomic E-state index is -4.05. The molecule has 0 aliphatic heterocycles. The second-order valence-electron chi connectivity index (χ2n) is 4.33. The number of ether oxygens (including phenoxy) is 1. The molecule has 0 saturated carbocycles. The third kappa shape index (κ3) is 11.2. The first kappa shape index (κ1) is 18.6. The highest BCUT2D eigenvalue weighted by molar-refractivity contribution is 8.00. The molecule has 2 nitrogen and oxygen atoms in total. The van der Waals surface area contributed by atoms with Gasteiger partial charge in [0.1, 0.15) is 5.25 Å². The van der Waals surface area contributed by atoms with Gasteiger partial charge in [0, 0.05) is 6.42 Å². The molecule has 0 radical (unpaired) electrons. The first-order valence-corrected chi connectivity index (χ1v) is 7.80. The molecule has 1 atom stereocenters. The van der Waals surface area contributed by atoms with Gasteiger partial charge in [0.25, 0.3) is 0 Å². The lowest BCUT2D eigenvalue weighted by atomic mass is 10.2. The van der Waals surface area contributed by atoms with Crippen LogP contribution in [0, 0.1) is 0 Å². The molecule has 0 amide bonds. The summed E-state index contributed by atoms with van der Waals surface area (Å²) in [5.74, 6) is 0.506. The van der Waals surface area contributed by atoms with Crippen molar-refractivity contribution < 1.29 is 22.7 Å². The Balaban J connectivity index is 3.72. The highest BCUT2D eigenvalue weighted by atomic mass is 32.2. The smallest absolute Gasteiger partial charge is 0.389 e. The van der Waals surface area contributed by atoms with Crippen molar-refractivity contribution in [1.29, 1.82) is 0 Å². The number of hydrogen-bond acceptors (Lipinski definition) is 3. The number of halogens is 3. The number of carbonyl (C=O) groups is 1. The van der Waals surface area contributed by atoms with E-state index in [1.54, 1.807) is 6.92 Å². The van der Waals surface area contributed by atoms with Gasteiger partial charge in [-0.1, -0.05) is 19.8 Å². The first-order valence-electron chi connectivity index (χ1n) is 6.75. The SMILES string of the molecule is CCCC(SCCCCCC(F)(F)F)C(=O)OCC. The van der Waals surface area contributed by atoms with Gasteiger partial charge in [0.2, 0.25) is 0 Å². The van der Waals surface area contributed by atoms with E-state index in [0.29, 0.717) is 25.2 Å². The zero-order valence-corrected chi connectivity index (χ0v) is 12.4. The molecule has 1 unspecified atom stereocenters. The summed E-state index contributed by atoms with van der Waals surface area (Å²) in [5.41, 5.74) is 0. The molecule has 114 valence electrons. The number of alkyl halides is 3. The number of rotatable bonds is 10. The standard InChI is InChI=1S/C13H23F3O2S/c1-3-8-11(12(17)18-4-2)19-10-7-5-6-9-13(14,15)16/h11H,3-10H2,1-2H3. The summed E-state index contributed by atoms with van der Waals surface area (Å²) in [6.07, 6.45) is -1.69. The largest absolute Gasteiger partial charge is 0.465 e. The summed E-state index contributed by atoms with van der Waals surface area (Å²) >= 11 is 1.50. The van der Waals surface area contributed by atoms with Crippen molar-refractivity contribution in [3.05, 3.63) is 0 Å². The normalized spacial score (nSPS) is 13.3. The fourth-order valence-corrected chi connectivity index (χ4v) is 2.86. The van der Waals surface area contributed by atoms with Crippen molar-refractivity contribution in [2.45, 2.75) is 63.8 Å². The van der Waals surface area contributed by atoms with E-state index in [-0.39, 0.29) is 17.6 Å². The average molecular weight is 300 g/mol. The van der Waals surface area contributed by atoms with E-state index >= 15 is 0 Å². The van der Waals surface area contributed by atoms with Crippen LogP contribution in [0.4, 0.5) is 13.2 Å². The molecule has 0 aromatic rings. The van der Waals surface area contributed by atoms with Crippen LogP contribution in [0.25, 0.3) is 0 Å². The number of unbranched alkanes of at least 4 members (excludes halogenated alkanes) is 2. The Bertz CT molecular complexity index is 245. The highest BCUT2D eigenvalue weighted by Crippen LogP contribution is 2.24. The summed E-state index contributed by atoms with van der Waals surface area (Å²) in [6, 6.07) is 0. The quantitative estimate of drug-likeness (QED) is 0.436. The van der Waals surface area contributed by atoms with Crippen molar-refractivity contribution in [3.63, 3.8) is 0 Å². The second-order valence-corrected chi connectivity index (χ2v) is 5.64. The van der Waals surface area contributed by atoms with Gasteiger partial charge in [-0.25, -0.2) is 0 Å². The van der Waals surface area contributed by atoms with Crippen molar-refractivity contribution in [2.24, 2.45) is 0 Å². The van der Waals surface area contributed by atoms with Gasteiger partial charge in [0.05, 0.1) is 6.61 Å². The molecule has 19 heavy (non-hydrogen) atoms. The molecule has 0 fully saturated rings. The average Bonchev–Trinajstić information content (AvgIpc) is 2.31. The second kappa shape index (κ2) is 10.4. The van der Waals surface area contributed by atoms with Gasteiger partial charge in [-0.05, 0) is 31.9 Å². The minimum absolute atomic E-state index is 0.169. The van der Waals surface area contributed by atoms with Crippen LogP contribution in [0.3, 0.4) is 0 Å². The van der Waals surface area contributed by atoms with E-state index in [4.69, 9.17) is 4.74 Å². The van der Waals surface area contributed by atoms with Crippen LogP contribution in [0.5, 0.6) is 0 Å². The third-order valence-electron chi connectivity index (χ3n) is 2.52. The lowest BCUT2D eigenvalue weighted by Crippen LogP contribution is -2.20. The van der Waals surface area contributed by atoms with Crippen molar-refractivity contribution in [3.8, 4) is 0 Å². The summed E-state index contributed by atoms with van der Waals surface area (Å²) in [7, 11) is 0. The van der Waals surface area contributed by atoms with E-state index in [9.17, 15) is 18.0 Å². The molecule has 0 aromatic carbocycles. The number of hydrogen-bond donors (Lipinski definition) is 0. The van der Waals surface area contributed by atoms with Crippen molar-refractivity contribution >= 4 is 17.7 Å². The van der Waals surface area contributed by atoms with Gasteiger partial charge in [0.15, 0.2) is 0 Å². The zero-order valence-electron chi connectivity index (χ0n) is 11.6. The number of carbonyl (C=O) groups excluding carboxylic acids is 1. The Kier molecular flexibility index (Phi) is 10.2. The maximum Gasteiger partial charge on any atom is 0.389 e. The summed E-state index contributed by atoms with van der Waals surface area (Å²) in [4.78, 5) is 11.6. The molecule has 0 spiro atoms. The Morgan fingerprint density at radius 3 is 2.42 bits per heavy atom. The molecule has 0 bridgehead atoms. The third-order valence-corrected chi connectivity index (χ3v) is 3.88. The lowest BCUT2D eigenvalue weighted by molar-refractivity contribution is -0.142. The highest BCUT2D eigenvalue weighted by Gasteiger charge is 2.25. The van der Waals surface area contributed by atoms with Gasteiger partial charge >= 0.3 is 12.1 Å². The fraction of sp³-hybridized carbons (Fsp3) is 0.923. The van der Waals surface area contributed by atoms with E-state index in [1.807, 2.05) is 6.92 Å². The summed E-state index contributed by atoms with van der Waals surface area (Å²) in [5, 5.41) is -0.174. The Morgan fingerprint density at radius 1 is 1.21 bits per heavy atom. The molecule has 0 N–H and O–H groups in total. The monoisotopic (exact) mass is 300 g/mol.